The number of aromatic nitrogens is 2. The van der Waals surface area contributed by atoms with Crippen LogP contribution >= 0.6 is 23.1 Å². The van der Waals surface area contributed by atoms with E-state index in [0.717, 1.165) is 15.2 Å². The van der Waals surface area contributed by atoms with E-state index in [9.17, 15) is 9.59 Å². The summed E-state index contributed by atoms with van der Waals surface area (Å²) in [5, 5.41) is 4.57. The van der Waals surface area contributed by atoms with Gasteiger partial charge in [0.2, 0.25) is 5.91 Å². The topological polar surface area (TPSA) is 72.0 Å². The molecule has 3 aromatic rings. The monoisotopic (exact) mass is 371 g/mol. The molecule has 0 aliphatic heterocycles. The van der Waals surface area contributed by atoms with Gasteiger partial charge in [-0.15, -0.1) is 11.3 Å². The van der Waals surface area contributed by atoms with Crippen LogP contribution in [0.25, 0.3) is 10.2 Å². The van der Waals surface area contributed by atoms with Crippen LogP contribution in [-0.2, 0) is 4.79 Å². The fourth-order valence-electron chi connectivity index (χ4n) is 2.42. The Balaban J connectivity index is 1.73. The van der Waals surface area contributed by atoms with Crippen LogP contribution in [0.15, 0.2) is 35.6 Å². The van der Waals surface area contributed by atoms with E-state index >= 15 is 0 Å². The third kappa shape index (κ3) is 3.88. The molecule has 0 bridgehead atoms. The first kappa shape index (κ1) is 17.6. The van der Waals surface area contributed by atoms with Gasteiger partial charge in [-0.2, -0.15) is 0 Å². The van der Waals surface area contributed by atoms with E-state index in [4.69, 9.17) is 0 Å². The van der Waals surface area contributed by atoms with Crippen LogP contribution in [0.2, 0.25) is 0 Å². The lowest BCUT2D eigenvalue weighted by atomic mass is 10.1. The highest BCUT2D eigenvalue weighted by molar-refractivity contribution is 8.00. The van der Waals surface area contributed by atoms with Gasteiger partial charge < -0.3 is 5.32 Å². The zero-order valence-electron chi connectivity index (χ0n) is 14.1. The summed E-state index contributed by atoms with van der Waals surface area (Å²) in [6.07, 6.45) is 1.55. The van der Waals surface area contributed by atoms with Gasteiger partial charge in [0.05, 0.1) is 5.75 Å². The Bertz CT molecular complexity index is 949. The molecule has 2 aromatic heterocycles. The molecule has 7 heteroatoms. The summed E-state index contributed by atoms with van der Waals surface area (Å²) in [5.74, 6) is 0.194. The number of nitrogens with zero attached hydrogens (tertiary/aromatic N) is 2. The zero-order chi connectivity index (χ0) is 18.0. The summed E-state index contributed by atoms with van der Waals surface area (Å²) in [4.78, 5) is 34.3. The molecule has 0 saturated carbocycles. The van der Waals surface area contributed by atoms with Crippen molar-refractivity contribution in [3.63, 3.8) is 0 Å². The Labute approximate surface area is 153 Å². The first-order chi connectivity index (χ1) is 12.0. The molecule has 0 aliphatic rings. The van der Waals surface area contributed by atoms with Crippen molar-refractivity contribution in [3.8, 4) is 0 Å². The van der Waals surface area contributed by atoms with Crippen LogP contribution in [-0.4, -0.2) is 27.4 Å². The lowest BCUT2D eigenvalue weighted by molar-refractivity contribution is -0.114. The highest BCUT2D eigenvalue weighted by Gasteiger charge is 2.14. The highest BCUT2D eigenvalue weighted by atomic mass is 32.2. The molecule has 3 rings (SSSR count). The first-order valence-electron chi connectivity index (χ1n) is 7.70. The van der Waals surface area contributed by atoms with Gasteiger partial charge in [-0.1, -0.05) is 11.8 Å². The summed E-state index contributed by atoms with van der Waals surface area (Å²) in [6, 6.07) is 6.91. The van der Waals surface area contributed by atoms with Crippen LogP contribution in [0.5, 0.6) is 0 Å². The molecular weight excluding hydrogens is 354 g/mol. The van der Waals surface area contributed by atoms with E-state index in [-0.39, 0.29) is 11.7 Å². The number of amides is 1. The van der Waals surface area contributed by atoms with Gasteiger partial charge in [-0.3, -0.25) is 9.59 Å². The molecule has 0 atom stereocenters. The van der Waals surface area contributed by atoms with Crippen LogP contribution in [0.4, 0.5) is 5.69 Å². The molecule has 2 heterocycles. The normalized spacial score (nSPS) is 10.8. The summed E-state index contributed by atoms with van der Waals surface area (Å²) in [5.41, 5.74) is 2.47. The molecule has 1 aromatic carbocycles. The number of rotatable bonds is 5. The quantitative estimate of drug-likeness (QED) is 0.412. The third-order valence-electron chi connectivity index (χ3n) is 3.80. The Kier molecular flexibility index (Phi) is 5.15. The van der Waals surface area contributed by atoms with Gasteiger partial charge in [0.25, 0.3) is 0 Å². The molecule has 1 amide bonds. The second-order valence-corrected chi connectivity index (χ2v) is 7.78. The molecule has 0 radical (unpaired) electrons. The maximum atomic E-state index is 12.4. The molecule has 0 fully saturated rings. The number of anilines is 1. The lowest BCUT2D eigenvalue weighted by Gasteiger charge is -2.05. The van der Waals surface area contributed by atoms with E-state index in [1.807, 2.05) is 0 Å². The number of nitrogens with one attached hydrogen (secondary N) is 1. The molecule has 0 unspecified atom stereocenters. The minimum absolute atomic E-state index is 0.0238. The maximum absolute atomic E-state index is 12.4. The maximum Gasteiger partial charge on any atom is 0.221 e. The standard InChI is InChI=1S/C18H17N3O2S2/c1-10-11(2)25-18-16(10)17(19-9-20-18)24-8-15(23)13-4-6-14(7-5-13)21-12(3)22/h4-7,9H,8H2,1-3H3,(H,21,22). The minimum atomic E-state index is -0.135. The molecule has 0 spiro atoms. The Hall–Kier alpha value is -2.25. The number of aryl methyl sites for hydroxylation is 2. The predicted molar refractivity (Wildman–Crippen MR) is 103 cm³/mol. The van der Waals surface area contributed by atoms with Crippen LogP contribution in [0, 0.1) is 13.8 Å². The van der Waals surface area contributed by atoms with E-state index in [1.54, 1.807) is 41.9 Å². The van der Waals surface area contributed by atoms with Crippen molar-refractivity contribution in [1.29, 1.82) is 0 Å². The summed E-state index contributed by atoms with van der Waals surface area (Å²) < 4.78 is 0. The van der Waals surface area contributed by atoms with Crippen molar-refractivity contribution in [2.24, 2.45) is 0 Å². The molecule has 25 heavy (non-hydrogen) atoms. The molecule has 0 saturated heterocycles. The fraction of sp³-hybridized carbons (Fsp3) is 0.222. The summed E-state index contributed by atoms with van der Waals surface area (Å²) >= 11 is 3.08. The number of carbonyl (C=O) groups is 2. The molecule has 1 N–H and O–H groups in total. The zero-order valence-corrected chi connectivity index (χ0v) is 15.8. The van der Waals surface area contributed by atoms with Crippen LogP contribution in [0.3, 0.4) is 0 Å². The van der Waals surface area contributed by atoms with Crippen molar-refractivity contribution >= 4 is 50.7 Å². The minimum Gasteiger partial charge on any atom is -0.326 e. The van der Waals surface area contributed by atoms with Crippen molar-refractivity contribution in [2.45, 2.75) is 25.8 Å². The number of fused-ring (bicyclic) bond motifs is 1. The van der Waals surface area contributed by atoms with Gasteiger partial charge in [0, 0.05) is 28.4 Å². The van der Waals surface area contributed by atoms with Crippen LogP contribution < -0.4 is 5.32 Å². The number of Topliss-reactive ketones (excluding diaryl/α,β-unsaturated/α-hetero) is 1. The van der Waals surface area contributed by atoms with E-state index in [0.29, 0.717) is 17.0 Å². The summed E-state index contributed by atoms with van der Waals surface area (Å²) in [7, 11) is 0. The van der Waals surface area contributed by atoms with E-state index in [1.165, 1.54) is 29.1 Å². The first-order valence-corrected chi connectivity index (χ1v) is 9.50. The van der Waals surface area contributed by atoms with Crippen molar-refractivity contribution in [3.05, 3.63) is 46.6 Å². The number of thiophene rings is 1. The largest absolute Gasteiger partial charge is 0.326 e. The SMILES string of the molecule is CC(=O)Nc1ccc(C(=O)CSc2ncnc3sc(C)c(C)c23)cc1. The van der Waals surface area contributed by atoms with E-state index in [2.05, 4.69) is 29.1 Å². The van der Waals surface area contributed by atoms with Gasteiger partial charge >= 0.3 is 0 Å². The lowest BCUT2D eigenvalue weighted by Crippen LogP contribution is -2.07. The summed E-state index contributed by atoms with van der Waals surface area (Å²) in [6.45, 7) is 5.58. The Morgan fingerprint density at radius 2 is 1.88 bits per heavy atom. The number of hydrogen-bond donors (Lipinski definition) is 1. The number of hydrogen-bond acceptors (Lipinski definition) is 6. The third-order valence-corrected chi connectivity index (χ3v) is 5.90. The highest BCUT2D eigenvalue weighted by Crippen LogP contribution is 2.34. The molecule has 128 valence electrons. The average molecular weight is 371 g/mol. The molecular formula is C18H17N3O2S2. The number of ketones is 1. The number of benzene rings is 1. The Morgan fingerprint density at radius 1 is 1.16 bits per heavy atom. The number of thioether (sulfide) groups is 1. The van der Waals surface area contributed by atoms with E-state index < -0.39 is 0 Å². The van der Waals surface area contributed by atoms with Gasteiger partial charge in [-0.05, 0) is 43.7 Å². The van der Waals surface area contributed by atoms with Crippen LogP contribution in [0.1, 0.15) is 27.7 Å². The second-order valence-electron chi connectivity index (χ2n) is 5.61. The number of carbonyl (C=O) groups excluding carboxylic acids is 2. The van der Waals surface area contributed by atoms with Gasteiger partial charge in [-0.25, -0.2) is 9.97 Å². The Morgan fingerprint density at radius 3 is 2.56 bits per heavy atom. The predicted octanol–water partition coefficient (Wildman–Crippen LogP) is 4.24. The fourth-order valence-corrected chi connectivity index (χ4v) is 4.43. The molecule has 5 nitrogen and oxygen atoms in total. The average Bonchev–Trinajstić information content (AvgIpc) is 2.88. The second kappa shape index (κ2) is 7.33. The van der Waals surface area contributed by atoms with Gasteiger partial charge in [0.15, 0.2) is 5.78 Å². The van der Waals surface area contributed by atoms with Gasteiger partial charge in [0.1, 0.15) is 16.2 Å². The van der Waals surface area contributed by atoms with Crippen molar-refractivity contribution < 1.29 is 9.59 Å². The van der Waals surface area contributed by atoms with Crippen molar-refractivity contribution in [2.75, 3.05) is 11.1 Å². The smallest absolute Gasteiger partial charge is 0.221 e. The van der Waals surface area contributed by atoms with Crippen molar-refractivity contribution in [1.82, 2.24) is 9.97 Å². The molecule has 0 aliphatic carbocycles.